The van der Waals surface area contributed by atoms with Gasteiger partial charge in [0, 0.05) is 50.7 Å². The molecule has 0 N–H and O–H groups in total. The zero-order valence-corrected chi connectivity index (χ0v) is 16.2. The van der Waals surface area contributed by atoms with E-state index in [-0.39, 0.29) is 5.91 Å². The normalized spacial score (nSPS) is 17.7. The van der Waals surface area contributed by atoms with E-state index in [2.05, 4.69) is 26.1 Å². The number of benzene rings is 1. The fourth-order valence-electron chi connectivity index (χ4n) is 3.88. The summed E-state index contributed by atoms with van der Waals surface area (Å²) < 4.78 is 11.2. The molecule has 2 saturated heterocycles. The van der Waals surface area contributed by atoms with Gasteiger partial charge in [-0.2, -0.15) is 5.10 Å². The fourth-order valence-corrected chi connectivity index (χ4v) is 3.88. The number of amides is 1. The number of aromatic nitrogens is 2. The lowest BCUT2D eigenvalue weighted by Gasteiger charge is -2.35. The summed E-state index contributed by atoms with van der Waals surface area (Å²) in [6, 6.07) is 11.6. The van der Waals surface area contributed by atoms with E-state index in [9.17, 15) is 4.79 Å². The predicted octanol–water partition coefficient (Wildman–Crippen LogP) is 2.02. The summed E-state index contributed by atoms with van der Waals surface area (Å²) >= 11 is 0. The number of ether oxygens (including phenoxy) is 1. The molecule has 0 atom stereocenters. The number of carbonyl (C=O) groups is 1. The molecule has 0 spiro atoms. The Morgan fingerprint density at radius 3 is 2.52 bits per heavy atom. The molecule has 0 aliphatic carbocycles. The summed E-state index contributed by atoms with van der Waals surface area (Å²) in [6.07, 6.45) is 1.80. The van der Waals surface area contributed by atoms with Gasteiger partial charge in [0.05, 0.1) is 25.1 Å². The molecule has 2 aliphatic rings. The average molecular weight is 393 g/mol. The second kappa shape index (κ2) is 7.71. The van der Waals surface area contributed by atoms with Crippen LogP contribution in [0, 0.1) is 0 Å². The van der Waals surface area contributed by atoms with Crippen molar-refractivity contribution in [3.63, 3.8) is 0 Å². The highest BCUT2D eigenvalue weighted by Crippen LogP contribution is 2.23. The minimum absolute atomic E-state index is 0.0611. The lowest BCUT2D eigenvalue weighted by atomic mass is 10.2. The molecule has 0 bridgehead atoms. The maximum absolute atomic E-state index is 12.8. The summed E-state index contributed by atoms with van der Waals surface area (Å²) in [5.41, 5.74) is 1.81. The minimum atomic E-state index is -0.0611. The van der Waals surface area contributed by atoms with Gasteiger partial charge in [-0.25, -0.2) is 0 Å². The molecular formula is C21H23N5O3. The largest absolute Gasteiger partial charge is 0.451 e. The molecule has 2 aliphatic heterocycles. The predicted molar refractivity (Wildman–Crippen MR) is 109 cm³/mol. The number of nitrogens with zero attached hydrogens (tertiary/aromatic N) is 5. The van der Waals surface area contributed by atoms with Crippen molar-refractivity contribution in [1.29, 1.82) is 0 Å². The highest BCUT2D eigenvalue weighted by molar-refractivity contribution is 5.96. The molecule has 1 amide bonds. The second-order valence-electron chi connectivity index (χ2n) is 7.30. The molecule has 3 aromatic rings. The Bertz CT molecular complexity index is 973. The molecule has 0 unspecified atom stereocenters. The molecule has 2 aromatic heterocycles. The van der Waals surface area contributed by atoms with Crippen molar-refractivity contribution in [2.75, 3.05) is 62.3 Å². The third kappa shape index (κ3) is 3.63. The van der Waals surface area contributed by atoms with Gasteiger partial charge in [0.15, 0.2) is 11.6 Å². The van der Waals surface area contributed by atoms with Crippen molar-refractivity contribution in [3.05, 3.63) is 48.4 Å². The second-order valence-corrected chi connectivity index (χ2v) is 7.30. The van der Waals surface area contributed by atoms with Crippen LogP contribution in [0.1, 0.15) is 10.6 Å². The first-order valence-electron chi connectivity index (χ1n) is 9.96. The van der Waals surface area contributed by atoms with Crippen LogP contribution in [-0.4, -0.2) is 73.5 Å². The topological polar surface area (TPSA) is 74.9 Å². The molecule has 0 saturated carbocycles. The van der Waals surface area contributed by atoms with Crippen LogP contribution < -0.4 is 9.80 Å². The Morgan fingerprint density at radius 2 is 1.72 bits per heavy atom. The SMILES string of the molecule is O=C(c1cc2ccccc2o1)N1CCN(c2cc(N3CCOCC3)cnn2)CC1. The van der Waals surface area contributed by atoms with Gasteiger partial charge in [0.25, 0.3) is 5.91 Å². The highest BCUT2D eigenvalue weighted by Gasteiger charge is 2.25. The Labute approximate surface area is 168 Å². The Morgan fingerprint density at radius 1 is 0.931 bits per heavy atom. The van der Waals surface area contributed by atoms with Gasteiger partial charge in [-0.3, -0.25) is 4.79 Å². The van der Waals surface area contributed by atoms with Crippen LogP contribution in [-0.2, 0) is 4.74 Å². The van der Waals surface area contributed by atoms with Crippen LogP contribution in [0.3, 0.4) is 0 Å². The van der Waals surface area contributed by atoms with E-state index in [4.69, 9.17) is 9.15 Å². The molecule has 8 nitrogen and oxygen atoms in total. The van der Waals surface area contributed by atoms with E-state index in [1.807, 2.05) is 35.2 Å². The minimum Gasteiger partial charge on any atom is -0.451 e. The van der Waals surface area contributed by atoms with Crippen molar-refractivity contribution in [2.24, 2.45) is 0 Å². The first-order chi connectivity index (χ1) is 14.3. The summed E-state index contributed by atoms with van der Waals surface area (Å²) in [7, 11) is 0. The Kier molecular flexibility index (Phi) is 4.77. The third-order valence-corrected chi connectivity index (χ3v) is 5.53. The average Bonchev–Trinajstić information content (AvgIpc) is 3.24. The number of hydrogen-bond donors (Lipinski definition) is 0. The Balaban J connectivity index is 1.25. The van der Waals surface area contributed by atoms with Gasteiger partial charge >= 0.3 is 0 Å². The van der Waals surface area contributed by atoms with Gasteiger partial charge in [-0.15, -0.1) is 5.10 Å². The number of anilines is 2. The molecule has 2 fully saturated rings. The van der Waals surface area contributed by atoms with Crippen molar-refractivity contribution >= 4 is 28.4 Å². The standard InChI is InChI=1S/C21H23N5O3/c27-21(19-13-16-3-1-2-4-18(16)29-19)26-7-5-25(6-8-26)20-14-17(15-22-23-20)24-9-11-28-12-10-24/h1-4,13-15H,5-12H2. The lowest BCUT2D eigenvalue weighted by Crippen LogP contribution is -2.49. The molecule has 150 valence electrons. The number of para-hydroxylation sites is 1. The van der Waals surface area contributed by atoms with Crippen LogP contribution in [0.4, 0.5) is 11.5 Å². The van der Waals surface area contributed by atoms with Gasteiger partial charge in [-0.05, 0) is 12.1 Å². The molecular weight excluding hydrogens is 370 g/mol. The smallest absolute Gasteiger partial charge is 0.289 e. The Hall–Kier alpha value is -3.13. The van der Waals surface area contributed by atoms with Crippen molar-refractivity contribution in [1.82, 2.24) is 15.1 Å². The van der Waals surface area contributed by atoms with Crippen molar-refractivity contribution in [3.8, 4) is 0 Å². The van der Waals surface area contributed by atoms with Crippen LogP contribution >= 0.6 is 0 Å². The zero-order chi connectivity index (χ0) is 19.6. The van der Waals surface area contributed by atoms with Crippen LogP contribution in [0.2, 0.25) is 0 Å². The van der Waals surface area contributed by atoms with Gasteiger partial charge in [0.1, 0.15) is 5.58 Å². The first-order valence-corrected chi connectivity index (χ1v) is 9.96. The third-order valence-electron chi connectivity index (χ3n) is 5.53. The monoisotopic (exact) mass is 393 g/mol. The number of hydrogen-bond acceptors (Lipinski definition) is 7. The van der Waals surface area contributed by atoms with E-state index >= 15 is 0 Å². The zero-order valence-electron chi connectivity index (χ0n) is 16.2. The summed E-state index contributed by atoms with van der Waals surface area (Å²) in [6.45, 7) is 5.88. The van der Waals surface area contributed by atoms with E-state index in [0.29, 0.717) is 31.9 Å². The maximum atomic E-state index is 12.8. The number of carbonyl (C=O) groups excluding carboxylic acids is 1. The van der Waals surface area contributed by atoms with E-state index in [1.165, 1.54) is 0 Å². The van der Waals surface area contributed by atoms with Crippen LogP contribution in [0.5, 0.6) is 0 Å². The van der Waals surface area contributed by atoms with Crippen LogP contribution in [0.25, 0.3) is 11.0 Å². The quantitative estimate of drug-likeness (QED) is 0.674. The van der Waals surface area contributed by atoms with Crippen LogP contribution in [0.15, 0.2) is 47.0 Å². The molecule has 0 radical (unpaired) electrons. The van der Waals surface area contributed by atoms with E-state index in [1.54, 1.807) is 6.20 Å². The lowest BCUT2D eigenvalue weighted by molar-refractivity contribution is 0.0717. The molecule has 8 heteroatoms. The van der Waals surface area contributed by atoms with Gasteiger partial charge < -0.3 is 23.9 Å². The van der Waals surface area contributed by atoms with Gasteiger partial charge in [0.2, 0.25) is 0 Å². The summed E-state index contributed by atoms with van der Waals surface area (Å²) in [4.78, 5) is 19.1. The highest BCUT2D eigenvalue weighted by atomic mass is 16.5. The van der Waals surface area contributed by atoms with Gasteiger partial charge in [-0.1, -0.05) is 18.2 Å². The van der Waals surface area contributed by atoms with Crippen molar-refractivity contribution in [2.45, 2.75) is 0 Å². The first kappa shape index (κ1) is 17.9. The summed E-state index contributed by atoms with van der Waals surface area (Å²) in [5.74, 6) is 1.19. The number of piperazine rings is 1. The number of furan rings is 1. The molecule has 4 heterocycles. The molecule has 5 rings (SSSR count). The number of fused-ring (bicyclic) bond motifs is 1. The maximum Gasteiger partial charge on any atom is 0.289 e. The number of rotatable bonds is 3. The summed E-state index contributed by atoms with van der Waals surface area (Å²) in [5, 5.41) is 9.45. The number of morpholine rings is 1. The van der Waals surface area contributed by atoms with E-state index < -0.39 is 0 Å². The molecule has 29 heavy (non-hydrogen) atoms. The molecule has 1 aromatic carbocycles. The van der Waals surface area contributed by atoms with E-state index in [0.717, 1.165) is 48.8 Å². The van der Waals surface area contributed by atoms with Crippen molar-refractivity contribution < 1.29 is 13.9 Å². The fraction of sp³-hybridized carbons (Fsp3) is 0.381.